The lowest BCUT2D eigenvalue weighted by Gasteiger charge is -2.34. The summed E-state index contributed by atoms with van der Waals surface area (Å²) in [5, 5.41) is 1.41. The average Bonchev–Trinajstić information content (AvgIpc) is 3.13. The Hall–Kier alpha value is -0.810. The van der Waals surface area contributed by atoms with Gasteiger partial charge in [-0.05, 0) is 56.0 Å². The predicted octanol–water partition coefficient (Wildman–Crippen LogP) is 3.70. The summed E-state index contributed by atoms with van der Waals surface area (Å²) in [6.45, 7) is 5.09. The van der Waals surface area contributed by atoms with Crippen LogP contribution in [0.2, 0.25) is 10.0 Å². The van der Waals surface area contributed by atoms with Crippen LogP contribution in [-0.2, 0) is 16.1 Å². The van der Waals surface area contributed by atoms with Gasteiger partial charge in [0.05, 0.1) is 12.5 Å². The van der Waals surface area contributed by atoms with Gasteiger partial charge >= 0.3 is 0 Å². The minimum Gasteiger partial charge on any atom is -0.381 e. The molecule has 0 saturated carbocycles. The first-order valence-electron chi connectivity index (χ1n) is 9.02. The van der Waals surface area contributed by atoms with Crippen LogP contribution in [0.3, 0.4) is 0 Å². The fraction of sp³-hybridized carbons (Fsp3) is 0.632. The summed E-state index contributed by atoms with van der Waals surface area (Å²) in [6, 6.07) is 5.70. The molecule has 0 radical (unpaired) electrons. The Kier molecular flexibility index (Phi) is 6.61. The van der Waals surface area contributed by atoms with Gasteiger partial charge in [0.2, 0.25) is 5.91 Å². The molecular weight excluding hydrogens is 359 g/mol. The molecule has 3 rings (SSSR count). The topological polar surface area (TPSA) is 32.8 Å². The van der Waals surface area contributed by atoms with Gasteiger partial charge < -0.3 is 9.64 Å². The lowest BCUT2D eigenvalue weighted by molar-refractivity contribution is -0.134. The number of rotatable bonds is 5. The van der Waals surface area contributed by atoms with E-state index in [2.05, 4.69) is 4.90 Å². The molecule has 0 bridgehead atoms. The molecule has 25 heavy (non-hydrogen) atoms. The number of ether oxygens (including phenoxy) is 1. The Labute approximate surface area is 160 Å². The average molecular weight is 385 g/mol. The van der Waals surface area contributed by atoms with Crippen molar-refractivity contribution in [2.45, 2.75) is 25.8 Å². The van der Waals surface area contributed by atoms with Crippen molar-refractivity contribution in [3.8, 4) is 0 Å². The zero-order chi connectivity index (χ0) is 17.8. The third kappa shape index (κ3) is 5.10. The van der Waals surface area contributed by atoms with Crippen molar-refractivity contribution in [2.24, 2.45) is 11.8 Å². The van der Waals surface area contributed by atoms with E-state index in [1.54, 1.807) is 6.07 Å². The quantitative estimate of drug-likeness (QED) is 0.775. The molecule has 2 saturated heterocycles. The maximum Gasteiger partial charge on any atom is 0.227 e. The summed E-state index contributed by atoms with van der Waals surface area (Å²) in [5.74, 6) is 0.887. The number of benzene rings is 1. The Morgan fingerprint density at radius 2 is 2.04 bits per heavy atom. The van der Waals surface area contributed by atoms with Crippen molar-refractivity contribution in [3.63, 3.8) is 0 Å². The third-order valence-electron chi connectivity index (χ3n) is 5.30. The summed E-state index contributed by atoms with van der Waals surface area (Å²) in [4.78, 5) is 16.7. The van der Waals surface area contributed by atoms with Crippen LogP contribution in [0.15, 0.2) is 18.2 Å². The molecule has 0 N–H and O–H groups in total. The fourth-order valence-electron chi connectivity index (χ4n) is 3.74. The molecule has 2 fully saturated rings. The van der Waals surface area contributed by atoms with Crippen LogP contribution in [0, 0.1) is 11.8 Å². The van der Waals surface area contributed by atoms with Gasteiger partial charge in [-0.1, -0.05) is 29.3 Å². The first-order chi connectivity index (χ1) is 12.0. The molecule has 1 amide bonds. The van der Waals surface area contributed by atoms with E-state index < -0.39 is 0 Å². The highest BCUT2D eigenvalue weighted by molar-refractivity contribution is 6.35. The molecule has 2 aliphatic heterocycles. The summed E-state index contributed by atoms with van der Waals surface area (Å²) in [5.41, 5.74) is 1.12. The van der Waals surface area contributed by atoms with Gasteiger partial charge in [-0.25, -0.2) is 0 Å². The van der Waals surface area contributed by atoms with Gasteiger partial charge in [0.15, 0.2) is 0 Å². The van der Waals surface area contributed by atoms with Gasteiger partial charge in [0.1, 0.15) is 0 Å². The van der Waals surface area contributed by atoms with E-state index in [0.717, 1.165) is 62.6 Å². The van der Waals surface area contributed by atoms with Gasteiger partial charge in [0, 0.05) is 36.8 Å². The molecule has 6 heteroatoms. The maximum absolute atomic E-state index is 12.4. The molecule has 2 aliphatic rings. The van der Waals surface area contributed by atoms with E-state index in [4.69, 9.17) is 27.9 Å². The van der Waals surface area contributed by atoms with E-state index in [0.29, 0.717) is 17.5 Å². The van der Waals surface area contributed by atoms with Crippen molar-refractivity contribution in [2.75, 3.05) is 39.9 Å². The van der Waals surface area contributed by atoms with Crippen LogP contribution in [0.4, 0.5) is 0 Å². The highest BCUT2D eigenvalue weighted by Crippen LogP contribution is 2.25. The molecule has 4 nitrogen and oxygen atoms in total. The van der Waals surface area contributed by atoms with Crippen LogP contribution < -0.4 is 0 Å². The van der Waals surface area contributed by atoms with E-state index in [-0.39, 0.29) is 11.8 Å². The zero-order valence-corrected chi connectivity index (χ0v) is 16.2. The van der Waals surface area contributed by atoms with Gasteiger partial charge in [0.25, 0.3) is 0 Å². The second-order valence-electron chi connectivity index (χ2n) is 7.23. The standard InChI is InChI=1S/C19H26Cl2N2O2/c1-22(19(24)16-6-9-25-13-16)11-14-4-7-23(8-5-14)12-15-2-3-17(20)10-18(15)21/h2-3,10,14,16H,4-9,11-13H2,1H3. The summed E-state index contributed by atoms with van der Waals surface area (Å²) in [7, 11) is 1.93. The van der Waals surface area contributed by atoms with Crippen LogP contribution in [0.25, 0.3) is 0 Å². The van der Waals surface area contributed by atoms with Crippen molar-refractivity contribution in [1.82, 2.24) is 9.80 Å². The lowest BCUT2D eigenvalue weighted by Crippen LogP contribution is -2.41. The monoisotopic (exact) mass is 384 g/mol. The lowest BCUT2D eigenvalue weighted by atomic mass is 9.95. The van der Waals surface area contributed by atoms with Gasteiger partial charge in [-0.3, -0.25) is 9.69 Å². The number of amides is 1. The number of piperidine rings is 1. The van der Waals surface area contributed by atoms with Gasteiger partial charge in [-0.15, -0.1) is 0 Å². The number of hydrogen-bond acceptors (Lipinski definition) is 3. The number of likely N-dealkylation sites (tertiary alicyclic amines) is 1. The van der Waals surface area contributed by atoms with Crippen molar-refractivity contribution in [1.29, 1.82) is 0 Å². The molecule has 1 unspecified atom stereocenters. The van der Waals surface area contributed by atoms with Crippen LogP contribution in [0.5, 0.6) is 0 Å². The smallest absolute Gasteiger partial charge is 0.227 e. The first kappa shape index (κ1) is 19.0. The van der Waals surface area contributed by atoms with Gasteiger partial charge in [-0.2, -0.15) is 0 Å². The highest BCUT2D eigenvalue weighted by Gasteiger charge is 2.28. The number of nitrogens with zero attached hydrogens (tertiary/aromatic N) is 2. The van der Waals surface area contributed by atoms with Crippen LogP contribution in [0.1, 0.15) is 24.8 Å². The molecule has 138 valence electrons. The second-order valence-corrected chi connectivity index (χ2v) is 8.08. The Balaban J connectivity index is 1.44. The third-order valence-corrected chi connectivity index (χ3v) is 5.89. The highest BCUT2D eigenvalue weighted by atomic mass is 35.5. The number of carbonyl (C=O) groups is 1. The largest absolute Gasteiger partial charge is 0.381 e. The van der Waals surface area contributed by atoms with E-state index in [1.807, 2.05) is 24.1 Å². The molecule has 0 aliphatic carbocycles. The molecule has 1 aromatic carbocycles. The molecule has 0 aromatic heterocycles. The molecular formula is C19H26Cl2N2O2. The zero-order valence-electron chi connectivity index (χ0n) is 14.7. The normalized spacial score (nSPS) is 22.3. The number of halogens is 2. The minimum absolute atomic E-state index is 0.0668. The van der Waals surface area contributed by atoms with Crippen LogP contribution in [-0.4, -0.2) is 55.6 Å². The Morgan fingerprint density at radius 3 is 2.68 bits per heavy atom. The second kappa shape index (κ2) is 8.72. The van der Waals surface area contributed by atoms with E-state index in [9.17, 15) is 4.79 Å². The summed E-state index contributed by atoms with van der Waals surface area (Å²) < 4.78 is 5.33. The van der Waals surface area contributed by atoms with Crippen molar-refractivity contribution in [3.05, 3.63) is 33.8 Å². The predicted molar refractivity (Wildman–Crippen MR) is 101 cm³/mol. The SMILES string of the molecule is CN(CC1CCN(Cc2ccc(Cl)cc2Cl)CC1)C(=O)C1CCOC1. The molecule has 2 heterocycles. The van der Waals surface area contributed by atoms with E-state index >= 15 is 0 Å². The summed E-state index contributed by atoms with van der Waals surface area (Å²) in [6.07, 6.45) is 3.09. The minimum atomic E-state index is 0.0668. The fourth-order valence-corrected chi connectivity index (χ4v) is 4.20. The summed E-state index contributed by atoms with van der Waals surface area (Å²) >= 11 is 12.2. The molecule has 0 spiro atoms. The maximum atomic E-state index is 12.4. The van der Waals surface area contributed by atoms with Crippen molar-refractivity contribution >= 4 is 29.1 Å². The number of carbonyl (C=O) groups excluding carboxylic acids is 1. The van der Waals surface area contributed by atoms with Crippen molar-refractivity contribution < 1.29 is 9.53 Å². The Morgan fingerprint density at radius 1 is 1.28 bits per heavy atom. The molecule has 1 atom stereocenters. The Bertz CT molecular complexity index is 597. The van der Waals surface area contributed by atoms with E-state index in [1.165, 1.54) is 0 Å². The molecule has 1 aromatic rings. The number of hydrogen-bond donors (Lipinski definition) is 0. The first-order valence-corrected chi connectivity index (χ1v) is 9.77. The van der Waals surface area contributed by atoms with Crippen LogP contribution >= 0.6 is 23.2 Å².